The van der Waals surface area contributed by atoms with E-state index in [-0.39, 0.29) is 0 Å². The van der Waals surface area contributed by atoms with Crippen LogP contribution in [-0.4, -0.2) is 35.1 Å². The lowest BCUT2D eigenvalue weighted by Crippen LogP contribution is -2.53. The Hall–Kier alpha value is -2.08. The largest absolute Gasteiger partial charge is 0.382 e. The van der Waals surface area contributed by atoms with Gasteiger partial charge in [-0.2, -0.15) is 0 Å². The minimum Gasteiger partial charge on any atom is -0.382 e. The summed E-state index contributed by atoms with van der Waals surface area (Å²) in [5, 5.41) is 5.73. The molecule has 6 nitrogen and oxygen atoms in total. The maximum atomic E-state index is 12.5. The highest BCUT2D eigenvalue weighted by molar-refractivity contribution is 6.11. The Morgan fingerprint density at radius 3 is 3.39 bits per heavy atom. The predicted octanol–water partition coefficient (Wildman–Crippen LogP) is 1.33. The highest BCUT2D eigenvalue weighted by atomic mass is 16.5. The van der Waals surface area contributed by atoms with Gasteiger partial charge in [0.15, 0.2) is 0 Å². The Labute approximate surface area is 112 Å². The second-order valence-electron chi connectivity index (χ2n) is 4.06. The Morgan fingerprint density at radius 2 is 2.56 bits per heavy atom. The van der Waals surface area contributed by atoms with E-state index in [4.69, 9.17) is 8.22 Å². The molecule has 6 heteroatoms. The SMILES string of the molecule is [2H]C([2H])([2H])OC[C@@]1(C([2H])([2H])[2H])Nc2c(cnc3[nH]ccc23)NC1=O. The summed E-state index contributed by atoms with van der Waals surface area (Å²) in [6.45, 7) is -3.70. The third kappa shape index (κ3) is 1.46. The molecule has 0 saturated carbocycles. The number of rotatable bonds is 2. The van der Waals surface area contributed by atoms with Crippen LogP contribution < -0.4 is 10.6 Å². The number of methoxy groups -OCH3 is 1. The summed E-state index contributed by atoms with van der Waals surface area (Å²) in [5.41, 5.74) is -1.10. The van der Waals surface area contributed by atoms with E-state index in [1.54, 1.807) is 12.3 Å². The molecule has 0 aromatic carbocycles. The third-order valence-electron chi connectivity index (χ3n) is 2.85. The van der Waals surface area contributed by atoms with E-state index in [1.165, 1.54) is 6.20 Å². The first-order valence-electron chi connectivity index (χ1n) is 8.23. The first-order chi connectivity index (χ1) is 11.0. The summed E-state index contributed by atoms with van der Waals surface area (Å²) in [6.07, 6.45) is 3.00. The molecular weight excluding hydrogens is 232 g/mol. The van der Waals surface area contributed by atoms with Crippen LogP contribution in [0.2, 0.25) is 0 Å². The van der Waals surface area contributed by atoms with Crippen molar-refractivity contribution >= 4 is 28.3 Å². The third-order valence-corrected chi connectivity index (χ3v) is 2.85. The van der Waals surface area contributed by atoms with Gasteiger partial charge in [0.05, 0.1) is 28.3 Å². The van der Waals surface area contributed by atoms with Gasteiger partial charge in [-0.1, -0.05) is 0 Å². The molecule has 0 unspecified atom stereocenters. The first kappa shape index (κ1) is 6.19. The molecule has 1 atom stereocenters. The van der Waals surface area contributed by atoms with Crippen LogP contribution in [0, 0.1) is 0 Å². The van der Waals surface area contributed by atoms with Gasteiger partial charge in [0, 0.05) is 22.7 Å². The fourth-order valence-corrected chi connectivity index (χ4v) is 1.95. The standard InChI is InChI=1S/C12H14N4O2/c1-12(6-18-2)11(17)15-8-5-14-10-7(3-4-13-10)9(8)16-12/h3-5,16H,6H2,1-2H3,(H,13,14)(H,15,17)/t12-/m1/s1/i1D3,2D3. The molecule has 2 aromatic rings. The molecule has 0 fully saturated rings. The van der Waals surface area contributed by atoms with E-state index in [2.05, 4.69) is 25.3 Å². The number of anilines is 2. The van der Waals surface area contributed by atoms with Crippen molar-refractivity contribution in [2.45, 2.75) is 12.4 Å². The lowest BCUT2D eigenvalue weighted by Gasteiger charge is -2.35. The molecule has 94 valence electrons. The van der Waals surface area contributed by atoms with Crippen molar-refractivity contribution < 1.29 is 17.8 Å². The Kier molecular flexibility index (Phi) is 1.28. The van der Waals surface area contributed by atoms with Gasteiger partial charge in [-0.05, 0) is 12.9 Å². The van der Waals surface area contributed by atoms with Crippen LogP contribution in [0.5, 0.6) is 0 Å². The number of hydrogen-bond donors (Lipinski definition) is 3. The second-order valence-corrected chi connectivity index (χ2v) is 4.06. The van der Waals surface area contributed by atoms with Crippen LogP contribution in [0.4, 0.5) is 11.4 Å². The van der Waals surface area contributed by atoms with Crippen molar-refractivity contribution in [2.75, 3.05) is 24.3 Å². The molecule has 2 aromatic heterocycles. The number of nitrogens with one attached hydrogen (secondary N) is 3. The molecule has 0 saturated heterocycles. The number of H-pyrrole nitrogens is 1. The van der Waals surface area contributed by atoms with Gasteiger partial charge in [-0.15, -0.1) is 0 Å². The van der Waals surface area contributed by atoms with Crippen molar-refractivity contribution in [3.05, 3.63) is 18.5 Å². The summed E-state index contributed by atoms with van der Waals surface area (Å²) in [5.74, 6) is -0.907. The number of aromatic amines is 1. The number of fused-ring (bicyclic) bond motifs is 3. The number of aromatic nitrogens is 2. The minimum absolute atomic E-state index is 0.306. The zero-order valence-corrected chi connectivity index (χ0v) is 9.20. The zero-order valence-electron chi connectivity index (χ0n) is 15.2. The number of amides is 1. The Bertz CT molecular complexity index is 799. The summed E-state index contributed by atoms with van der Waals surface area (Å²) in [7, 11) is -2.83. The maximum absolute atomic E-state index is 12.5. The van der Waals surface area contributed by atoms with Gasteiger partial charge in [0.1, 0.15) is 11.2 Å². The quantitative estimate of drug-likeness (QED) is 0.753. The average Bonchev–Trinajstić information content (AvgIpc) is 2.91. The molecule has 18 heavy (non-hydrogen) atoms. The van der Waals surface area contributed by atoms with Crippen LogP contribution in [0.25, 0.3) is 11.0 Å². The lowest BCUT2D eigenvalue weighted by atomic mass is 9.98. The summed E-state index contributed by atoms with van der Waals surface area (Å²) >= 11 is 0. The molecule has 1 amide bonds. The van der Waals surface area contributed by atoms with Gasteiger partial charge in [0.25, 0.3) is 5.91 Å². The second kappa shape index (κ2) is 3.71. The van der Waals surface area contributed by atoms with Crippen molar-refractivity contribution in [1.29, 1.82) is 0 Å². The summed E-state index contributed by atoms with van der Waals surface area (Å²) in [4.78, 5) is 19.5. The van der Waals surface area contributed by atoms with E-state index in [9.17, 15) is 4.79 Å². The maximum Gasteiger partial charge on any atom is 0.252 e. The molecular formula is C12H14N4O2. The first-order valence-corrected chi connectivity index (χ1v) is 5.23. The highest BCUT2D eigenvalue weighted by Crippen LogP contribution is 2.35. The van der Waals surface area contributed by atoms with E-state index >= 15 is 0 Å². The normalized spacial score (nSPS) is 28.8. The zero-order chi connectivity index (χ0) is 17.8. The van der Waals surface area contributed by atoms with Crippen LogP contribution in [0.1, 0.15) is 15.1 Å². The molecule has 3 heterocycles. The van der Waals surface area contributed by atoms with Gasteiger partial charge in [-0.3, -0.25) is 4.79 Å². The fraction of sp³-hybridized carbons (Fsp3) is 0.333. The van der Waals surface area contributed by atoms with Gasteiger partial charge in [-0.25, -0.2) is 4.98 Å². The number of carbonyl (C=O) groups excluding carboxylic acids is 1. The monoisotopic (exact) mass is 252 g/mol. The average molecular weight is 252 g/mol. The van der Waals surface area contributed by atoms with E-state index < -0.39 is 31.9 Å². The van der Waals surface area contributed by atoms with Crippen molar-refractivity contribution in [1.82, 2.24) is 9.97 Å². The molecule has 1 aliphatic heterocycles. The van der Waals surface area contributed by atoms with Crippen molar-refractivity contribution in [2.24, 2.45) is 0 Å². The topological polar surface area (TPSA) is 79.0 Å². The van der Waals surface area contributed by atoms with Crippen LogP contribution in [-0.2, 0) is 9.53 Å². The van der Waals surface area contributed by atoms with Crippen LogP contribution in [0.3, 0.4) is 0 Å². The predicted molar refractivity (Wildman–Crippen MR) is 68.6 cm³/mol. The molecule has 1 aliphatic rings. The Balaban J connectivity index is 2.10. The molecule has 0 radical (unpaired) electrons. The van der Waals surface area contributed by atoms with E-state index in [0.717, 1.165) is 0 Å². The van der Waals surface area contributed by atoms with Crippen LogP contribution in [0.15, 0.2) is 18.5 Å². The van der Waals surface area contributed by atoms with E-state index in [1.807, 2.05) is 0 Å². The number of nitrogens with zero attached hydrogens (tertiary/aromatic N) is 1. The molecule has 0 aliphatic carbocycles. The number of carbonyl (C=O) groups is 1. The smallest absolute Gasteiger partial charge is 0.252 e. The van der Waals surface area contributed by atoms with Gasteiger partial charge >= 0.3 is 0 Å². The molecule has 0 bridgehead atoms. The van der Waals surface area contributed by atoms with Gasteiger partial charge < -0.3 is 20.4 Å². The lowest BCUT2D eigenvalue weighted by molar-refractivity contribution is -0.121. The summed E-state index contributed by atoms with van der Waals surface area (Å²) in [6, 6.07) is 1.67. The Morgan fingerprint density at radius 1 is 1.61 bits per heavy atom. The number of hydrogen-bond acceptors (Lipinski definition) is 4. The van der Waals surface area contributed by atoms with E-state index in [0.29, 0.717) is 22.4 Å². The highest BCUT2D eigenvalue weighted by Gasteiger charge is 2.38. The molecule has 0 spiro atoms. The van der Waals surface area contributed by atoms with Crippen molar-refractivity contribution in [3.63, 3.8) is 0 Å². The van der Waals surface area contributed by atoms with Crippen LogP contribution >= 0.6 is 0 Å². The number of ether oxygens (including phenoxy) is 1. The fourth-order valence-electron chi connectivity index (χ4n) is 1.95. The van der Waals surface area contributed by atoms with Gasteiger partial charge in [0.2, 0.25) is 0 Å². The minimum atomic E-state index is -2.86. The molecule has 3 rings (SSSR count). The number of pyridine rings is 1. The molecule has 3 N–H and O–H groups in total. The summed E-state index contributed by atoms with van der Waals surface area (Å²) < 4.78 is 49.2. The van der Waals surface area contributed by atoms with Crippen molar-refractivity contribution in [3.8, 4) is 0 Å².